The van der Waals surface area contributed by atoms with Crippen molar-refractivity contribution in [2.45, 2.75) is 45.1 Å². The number of aliphatic hydroxyl groups is 1. The van der Waals surface area contributed by atoms with E-state index < -0.39 is 17.9 Å². The Bertz CT molecular complexity index is 324. The number of nitrogens with one attached hydrogen (secondary N) is 2. The van der Waals surface area contributed by atoms with Crippen LogP contribution in [0.4, 0.5) is 0 Å². The van der Waals surface area contributed by atoms with E-state index in [1.165, 1.54) is 18.4 Å². The number of allylic oxidation sites excluding steroid dienone is 1. The van der Waals surface area contributed by atoms with E-state index in [9.17, 15) is 9.59 Å². The van der Waals surface area contributed by atoms with Gasteiger partial charge in [-0.05, 0) is 39.0 Å². The Kier molecular flexibility index (Phi) is 6.43. The van der Waals surface area contributed by atoms with Gasteiger partial charge in [-0.25, -0.2) is 0 Å². The number of rotatable bonds is 5. The predicted octanol–water partition coefficient (Wildman–Crippen LogP) is 0.490. The van der Waals surface area contributed by atoms with Crippen molar-refractivity contribution in [1.29, 1.82) is 0 Å². The molecule has 0 radical (unpaired) electrons. The Morgan fingerprint density at radius 3 is 2.67 bits per heavy atom. The van der Waals surface area contributed by atoms with E-state index in [0.717, 1.165) is 19.3 Å². The zero-order valence-electron chi connectivity index (χ0n) is 10.9. The van der Waals surface area contributed by atoms with E-state index in [1.54, 1.807) is 6.92 Å². The zero-order valence-corrected chi connectivity index (χ0v) is 10.9. The fourth-order valence-corrected chi connectivity index (χ4v) is 1.87. The van der Waals surface area contributed by atoms with Gasteiger partial charge in [0.25, 0.3) is 0 Å². The van der Waals surface area contributed by atoms with Gasteiger partial charge < -0.3 is 15.7 Å². The lowest BCUT2D eigenvalue weighted by molar-refractivity contribution is -0.139. The van der Waals surface area contributed by atoms with Crippen LogP contribution in [0.2, 0.25) is 0 Å². The third-order valence-electron chi connectivity index (χ3n) is 2.88. The lowest BCUT2D eigenvalue weighted by Gasteiger charge is -2.13. The van der Waals surface area contributed by atoms with Crippen LogP contribution in [-0.2, 0) is 9.59 Å². The topological polar surface area (TPSA) is 78.4 Å². The van der Waals surface area contributed by atoms with Gasteiger partial charge in [-0.3, -0.25) is 9.59 Å². The molecule has 0 aliphatic heterocycles. The van der Waals surface area contributed by atoms with Crippen molar-refractivity contribution in [3.63, 3.8) is 0 Å². The molecular weight excluding hydrogens is 232 g/mol. The largest absolute Gasteiger partial charge is 0.392 e. The molecule has 2 amide bonds. The van der Waals surface area contributed by atoms with Crippen molar-refractivity contribution < 1.29 is 14.7 Å². The van der Waals surface area contributed by atoms with Crippen LogP contribution in [-0.4, -0.2) is 36.1 Å². The highest BCUT2D eigenvalue weighted by Gasteiger charge is 2.13. The average Bonchev–Trinajstić information content (AvgIpc) is 2.37. The second-order valence-electron chi connectivity index (χ2n) is 4.67. The first kappa shape index (κ1) is 14.7. The van der Waals surface area contributed by atoms with Crippen molar-refractivity contribution in [2.24, 2.45) is 0 Å². The van der Waals surface area contributed by atoms with Gasteiger partial charge in [0.05, 0.1) is 6.10 Å². The minimum absolute atomic E-state index is 0.0946. The SMILES string of the molecule is C[C@H](O)CNC(=O)C(=O)NCCC1=CCCCC1. The Hall–Kier alpha value is -1.36. The summed E-state index contributed by atoms with van der Waals surface area (Å²) < 4.78 is 0. The van der Waals surface area contributed by atoms with Crippen molar-refractivity contribution >= 4 is 11.8 Å². The van der Waals surface area contributed by atoms with Gasteiger partial charge in [-0.2, -0.15) is 0 Å². The normalized spacial score (nSPS) is 16.7. The standard InChI is InChI=1S/C13H22N2O3/c1-10(16)9-15-13(18)12(17)14-8-7-11-5-3-2-4-6-11/h5,10,16H,2-4,6-9H2,1H3,(H,14,17)(H,15,18)/t10-/m0/s1. The molecule has 0 aromatic carbocycles. The second kappa shape index (κ2) is 7.87. The van der Waals surface area contributed by atoms with Gasteiger partial charge in [-0.15, -0.1) is 0 Å². The Balaban J connectivity index is 2.16. The van der Waals surface area contributed by atoms with E-state index in [-0.39, 0.29) is 6.54 Å². The molecule has 0 fully saturated rings. The number of amides is 2. The molecule has 1 aliphatic carbocycles. The molecule has 1 rings (SSSR count). The molecule has 18 heavy (non-hydrogen) atoms. The fourth-order valence-electron chi connectivity index (χ4n) is 1.87. The first-order valence-electron chi connectivity index (χ1n) is 6.51. The number of aliphatic hydroxyl groups excluding tert-OH is 1. The lowest BCUT2D eigenvalue weighted by atomic mass is 9.97. The highest BCUT2D eigenvalue weighted by Crippen LogP contribution is 2.19. The van der Waals surface area contributed by atoms with Crippen LogP contribution in [0.1, 0.15) is 39.0 Å². The third-order valence-corrected chi connectivity index (χ3v) is 2.88. The van der Waals surface area contributed by atoms with Crippen LogP contribution >= 0.6 is 0 Å². The summed E-state index contributed by atoms with van der Waals surface area (Å²) in [6.45, 7) is 2.14. The van der Waals surface area contributed by atoms with Crippen molar-refractivity contribution in [3.8, 4) is 0 Å². The highest BCUT2D eigenvalue weighted by molar-refractivity contribution is 6.35. The molecule has 0 heterocycles. The van der Waals surface area contributed by atoms with Crippen molar-refractivity contribution in [2.75, 3.05) is 13.1 Å². The monoisotopic (exact) mass is 254 g/mol. The molecule has 0 bridgehead atoms. The summed E-state index contributed by atoms with van der Waals surface area (Å²) in [4.78, 5) is 22.7. The fraction of sp³-hybridized carbons (Fsp3) is 0.692. The van der Waals surface area contributed by atoms with Gasteiger partial charge in [0.15, 0.2) is 0 Å². The van der Waals surface area contributed by atoms with Gasteiger partial charge in [0.1, 0.15) is 0 Å². The Morgan fingerprint density at radius 2 is 2.06 bits per heavy atom. The van der Waals surface area contributed by atoms with Gasteiger partial charge in [0.2, 0.25) is 0 Å². The van der Waals surface area contributed by atoms with Crippen LogP contribution in [0.15, 0.2) is 11.6 Å². The molecule has 0 spiro atoms. The van der Waals surface area contributed by atoms with Crippen LogP contribution in [0.5, 0.6) is 0 Å². The van der Waals surface area contributed by atoms with Crippen LogP contribution in [0.25, 0.3) is 0 Å². The van der Waals surface area contributed by atoms with E-state index >= 15 is 0 Å². The molecule has 5 nitrogen and oxygen atoms in total. The van der Waals surface area contributed by atoms with E-state index in [1.807, 2.05) is 0 Å². The summed E-state index contributed by atoms with van der Waals surface area (Å²) in [5, 5.41) is 13.9. The Morgan fingerprint density at radius 1 is 1.33 bits per heavy atom. The van der Waals surface area contributed by atoms with Crippen LogP contribution < -0.4 is 10.6 Å². The van der Waals surface area contributed by atoms with Gasteiger partial charge in [-0.1, -0.05) is 11.6 Å². The maximum Gasteiger partial charge on any atom is 0.309 e. The van der Waals surface area contributed by atoms with Crippen LogP contribution in [0.3, 0.4) is 0 Å². The van der Waals surface area contributed by atoms with Gasteiger partial charge in [0, 0.05) is 13.1 Å². The quantitative estimate of drug-likeness (QED) is 0.493. The van der Waals surface area contributed by atoms with E-state index in [4.69, 9.17) is 5.11 Å². The molecule has 1 aliphatic rings. The molecule has 0 aromatic heterocycles. The molecule has 0 aromatic rings. The second-order valence-corrected chi connectivity index (χ2v) is 4.67. The first-order chi connectivity index (χ1) is 8.59. The Labute approximate surface area is 108 Å². The molecule has 0 saturated carbocycles. The summed E-state index contributed by atoms with van der Waals surface area (Å²) in [7, 11) is 0. The minimum atomic E-state index is -0.687. The van der Waals surface area contributed by atoms with Crippen molar-refractivity contribution in [1.82, 2.24) is 10.6 Å². The zero-order chi connectivity index (χ0) is 13.4. The molecule has 0 unspecified atom stereocenters. The van der Waals surface area contributed by atoms with Crippen LogP contribution in [0, 0.1) is 0 Å². The summed E-state index contributed by atoms with van der Waals surface area (Å²) in [6, 6.07) is 0. The maximum atomic E-state index is 11.4. The summed E-state index contributed by atoms with van der Waals surface area (Å²) in [5.74, 6) is -1.32. The first-order valence-corrected chi connectivity index (χ1v) is 6.51. The molecule has 5 heteroatoms. The smallest absolute Gasteiger partial charge is 0.309 e. The number of carbonyl (C=O) groups excluding carboxylic acids is 2. The summed E-state index contributed by atoms with van der Waals surface area (Å²) >= 11 is 0. The summed E-state index contributed by atoms with van der Waals surface area (Å²) in [6.07, 6.45) is 7.08. The summed E-state index contributed by atoms with van der Waals surface area (Å²) in [5.41, 5.74) is 1.37. The molecular formula is C13H22N2O3. The molecule has 102 valence electrons. The lowest BCUT2D eigenvalue weighted by Crippen LogP contribution is -2.42. The maximum absolute atomic E-state index is 11.4. The minimum Gasteiger partial charge on any atom is -0.392 e. The molecule has 1 atom stereocenters. The average molecular weight is 254 g/mol. The third kappa shape index (κ3) is 5.82. The van der Waals surface area contributed by atoms with Crippen molar-refractivity contribution in [3.05, 3.63) is 11.6 Å². The van der Waals surface area contributed by atoms with E-state index in [0.29, 0.717) is 6.54 Å². The predicted molar refractivity (Wildman–Crippen MR) is 68.9 cm³/mol. The molecule has 0 saturated heterocycles. The highest BCUT2D eigenvalue weighted by atomic mass is 16.3. The molecule has 3 N–H and O–H groups in total. The van der Waals surface area contributed by atoms with E-state index in [2.05, 4.69) is 16.7 Å². The van der Waals surface area contributed by atoms with Gasteiger partial charge >= 0.3 is 11.8 Å². The number of hydrogen-bond acceptors (Lipinski definition) is 3. The number of hydrogen-bond donors (Lipinski definition) is 3. The number of carbonyl (C=O) groups is 2.